The molecule has 2 aromatic carbocycles. The van der Waals surface area contributed by atoms with Crippen LogP contribution in [0.5, 0.6) is 0 Å². The van der Waals surface area contributed by atoms with E-state index in [1.165, 1.54) is 6.33 Å². The van der Waals surface area contributed by atoms with Gasteiger partial charge < -0.3 is 10.6 Å². The number of hydrogen-bond donors (Lipinski definition) is 1. The lowest BCUT2D eigenvalue weighted by Gasteiger charge is -2.42. The number of piperidine rings is 1. The minimum absolute atomic E-state index is 0.0336. The third-order valence-corrected chi connectivity index (χ3v) is 6.50. The van der Waals surface area contributed by atoms with E-state index in [-0.39, 0.29) is 17.7 Å². The van der Waals surface area contributed by atoms with Crippen LogP contribution in [0.2, 0.25) is 0 Å². The molecule has 0 spiro atoms. The molecule has 32 heavy (non-hydrogen) atoms. The summed E-state index contributed by atoms with van der Waals surface area (Å²) in [5.74, 6) is -0.596. The van der Waals surface area contributed by atoms with E-state index >= 15 is 0 Å². The van der Waals surface area contributed by atoms with Crippen LogP contribution in [-0.2, 0) is 16.0 Å². The Balaban J connectivity index is 1.61. The van der Waals surface area contributed by atoms with Crippen molar-refractivity contribution < 1.29 is 9.59 Å². The fraction of sp³-hybridized carbons (Fsp3) is 0.308. The zero-order valence-electron chi connectivity index (χ0n) is 18.3. The molecule has 4 rings (SSSR count). The first kappa shape index (κ1) is 21.7. The average Bonchev–Trinajstić information content (AvgIpc) is 2.84. The maximum Gasteiger partial charge on any atom is 0.229 e. The van der Waals surface area contributed by atoms with E-state index in [1.54, 1.807) is 12.4 Å². The molecule has 1 aliphatic heterocycles. The maximum absolute atomic E-state index is 13.3. The van der Waals surface area contributed by atoms with Crippen molar-refractivity contribution in [1.29, 1.82) is 0 Å². The molecule has 6 heteroatoms. The number of carbonyl (C=O) groups is 2. The third kappa shape index (κ3) is 4.40. The summed E-state index contributed by atoms with van der Waals surface area (Å²) in [4.78, 5) is 36.2. The number of likely N-dealkylation sites (tertiary alicyclic amines) is 1. The highest BCUT2D eigenvalue weighted by molar-refractivity contribution is 5.86. The number of carbonyl (C=O) groups excluding carboxylic acids is 2. The molecule has 2 unspecified atom stereocenters. The Morgan fingerprint density at radius 1 is 1.06 bits per heavy atom. The Bertz CT molecular complexity index is 1090. The molecule has 0 saturated carbocycles. The number of hydrogen-bond acceptors (Lipinski definition) is 4. The number of amides is 2. The minimum Gasteiger partial charge on any atom is -0.369 e. The molecule has 1 fully saturated rings. The summed E-state index contributed by atoms with van der Waals surface area (Å²) < 4.78 is 0. The van der Waals surface area contributed by atoms with Gasteiger partial charge in [-0.2, -0.15) is 0 Å². The normalized spacial score (nSPS) is 19.3. The molecule has 3 aromatic rings. The standard InChI is InChI=1S/C26H28N4O2/c1-19(20-8-3-2-4-9-20)24(31)30-13-7-12-26(17-30,25(27)32)14-21-10-5-6-11-23(21)22-15-28-18-29-16-22/h2-6,8-11,15-16,18-19H,7,12-14,17H2,1H3,(H2,27,32). The van der Waals surface area contributed by atoms with Crippen LogP contribution in [0.4, 0.5) is 0 Å². The van der Waals surface area contributed by atoms with Gasteiger partial charge in [0.25, 0.3) is 0 Å². The number of nitrogens with two attached hydrogens (primary N) is 1. The first-order valence-electron chi connectivity index (χ1n) is 11.0. The highest BCUT2D eigenvalue weighted by atomic mass is 16.2. The van der Waals surface area contributed by atoms with Crippen LogP contribution in [0, 0.1) is 5.41 Å². The lowest BCUT2D eigenvalue weighted by atomic mass is 9.73. The van der Waals surface area contributed by atoms with Crippen molar-refractivity contribution in [1.82, 2.24) is 14.9 Å². The summed E-state index contributed by atoms with van der Waals surface area (Å²) in [5, 5.41) is 0. The van der Waals surface area contributed by atoms with Gasteiger partial charge >= 0.3 is 0 Å². The molecule has 0 radical (unpaired) electrons. The second-order valence-corrected chi connectivity index (χ2v) is 8.60. The van der Waals surface area contributed by atoms with Gasteiger partial charge in [-0.05, 0) is 42.9 Å². The van der Waals surface area contributed by atoms with E-state index in [9.17, 15) is 9.59 Å². The summed E-state index contributed by atoms with van der Waals surface area (Å²) in [5.41, 5.74) is 9.03. The molecular weight excluding hydrogens is 400 g/mol. The predicted molar refractivity (Wildman–Crippen MR) is 123 cm³/mol. The van der Waals surface area contributed by atoms with Crippen LogP contribution in [0.15, 0.2) is 73.3 Å². The summed E-state index contributed by atoms with van der Waals surface area (Å²) >= 11 is 0. The zero-order valence-corrected chi connectivity index (χ0v) is 18.3. The van der Waals surface area contributed by atoms with Crippen LogP contribution < -0.4 is 5.73 Å². The molecule has 0 bridgehead atoms. The lowest BCUT2D eigenvalue weighted by Crippen LogP contribution is -2.54. The smallest absolute Gasteiger partial charge is 0.229 e. The van der Waals surface area contributed by atoms with Crippen molar-refractivity contribution in [2.45, 2.75) is 32.1 Å². The molecule has 2 atom stereocenters. The summed E-state index contributed by atoms with van der Waals surface area (Å²) in [6.07, 6.45) is 6.90. The highest BCUT2D eigenvalue weighted by Crippen LogP contribution is 2.37. The van der Waals surface area contributed by atoms with E-state index in [0.29, 0.717) is 25.9 Å². The number of aromatic nitrogens is 2. The lowest BCUT2D eigenvalue weighted by molar-refractivity contribution is -0.140. The van der Waals surface area contributed by atoms with Gasteiger partial charge in [-0.3, -0.25) is 9.59 Å². The summed E-state index contributed by atoms with van der Waals surface area (Å²) in [7, 11) is 0. The molecule has 164 valence electrons. The van der Waals surface area contributed by atoms with Crippen molar-refractivity contribution in [3.05, 3.63) is 84.4 Å². The Hall–Kier alpha value is -3.54. The monoisotopic (exact) mass is 428 g/mol. The van der Waals surface area contributed by atoms with Crippen LogP contribution >= 0.6 is 0 Å². The van der Waals surface area contributed by atoms with Crippen LogP contribution in [0.3, 0.4) is 0 Å². The number of rotatable bonds is 6. The molecule has 6 nitrogen and oxygen atoms in total. The molecule has 0 aliphatic carbocycles. The average molecular weight is 429 g/mol. The Morgan fingerprint density at radius 3 is 2.47 bits per heavy atom. The fourth-order valence-corrected chi connectivity index (χ4v) is 4.67. The molecule has 2 heterocycles. The highest BCUT2D eigenvalue weighted by Gasteiger charge is 2.43. The van der Waals surface area contributed by atoms with E-state index < -0.39 is 5.41 Å². The fourth-order valence-electron chi connectivity index (χ4n) is 4.67. The Morgan fingerprint density at radius 2 is 1.75 bits per heavy atom. The zero-order chi connectivity index (χ0) is 22.6. The largest absolute Gasteiger partial charge is 0.369 e. The van der Waals surface area contributed by atoms with Crippen LogP contribution in [-0.4, -0.2) is 39.8 Å². The van der Waals surface area contributed by atoms with E-state index in [2.05, 4.69) is 9.97 Å². The van der Waals surface area contributed by atoms with Gasteiger partial charge in [-0.25, -0.2) is 9.97 Å². The molecule has 1 aromatic heterocycles. The number of benzene rings is 2. The SMILES string of the molecule is CC(C(=O)N1CCCC(Cc2ccccc2-c2cncnc2)(C(N)=O)C1)c1ccccc1. The van der Waals surface area contributed by atoms with Gasteiger partial charge in [0.1, 0.15) is 6.33 Å². The molecule has 1 aliphatic rings. The molecule has 2 N–H and O–H groups in total. The first-order valence-corrected chi connectivity index (χ1v) is 11.0. The summed E-state index contributed by atoms with van der Waals surface area (Å²) in [6.45, 7) is 2.89. The van der Waals surface area contributed by atoms with Crippen molar-refractivity contribution >= 4 is 11.8 Å². The van der Waals surface area contributed by atoms with Crippen molar-refractivity contribution in [2.24, 2.45) is 11.1 Å². The van der Waals surface area contributed by atoms with Crippen molar-refractivity contribution in [3.63, 3.8) is 0 Å². The van der Waals surface area contributed by atoms with Gasteiger partial charge in [-0.15, -0.1) is 0 Å². The van der Waals surface area contributed by atoms with Gasteiger partial charge in [0.05, 0.1) is 11.3 Å². The number of primary amides is 1. The number of nitrogens with zero attached hydrogens (tertiary/aromatic N) is 3. The predicted octanol–water partition coefficient (Wildman–Crippen LogP) is 3.58. The first-order chi connectivity index (χ1) is 15.5. The van der Waals surface area contributed by atoms with Gasteiger partial charge in [0.15, 0.2) is 0 Å². The van der Waals surface area contributed by atoms with Crippen LogP contribution in [0.1, 0.15) is 36.8 Å². The van der Waals surface area contributed by atoms with E-state index in [4.69, 9.17) is 5.73 Å². The Kier molecular flexibility index (Phi) is 6.30. The topological polar surface area (TPSA) is 89.2 Å². The van der Waals surface area contributed by atoms with Crippen molar-refractivity contribution in [2.75, 3.05) is 13.1 Å². The molecular formula is C26H28N4O2. The molecule has 1 saturated heterocycles. The molecule has 2 amide bonds. The van der Waals surface area contributed by atoms with E-state index in [1.807, 2.05) is 66.4 Å². The van der Waals surface area contributed by atoms with Crippen molar-refractivity contribution in [3.8, 4) is 11.1 Å². The van der Waals surface area contributed by atoms with Gasteiger partial charge in [0.2, 0.25) is 11.8 Å². The Labute approximate surface area is 188 Å². The quantitative estimate of drug-likeness (QED) is 0.650. The second kappa shape index (κ2) is 9.30. The maximum atomic E-state index is 13.3. The van der Waals surface area contributed by atoms with Crippen LogP contribution in [0.25, 0.3) is 11.1 Å². The van der Waals surface area contributed by atoms with Gasteiger partial charge in [-0.1, -0.05) is 54.6 Å². The minimum atomic E-state index is -0.809. The van der Waals surface area contributed by atoms with E-state index in [0.717, 1.165) is 28.7 Å². The second-order valence-electron chi connectivity index (χ2n) is 8.60. The van der Waals surface area contributed by atoms with Gasteiger partial charge in [0, 0.05) is 31.0 Å². The third-order valence-electron chi connectivity index (χ3n) is 6.50. The summed E-state index contributed by atoms with van der Waals surface area (Å²) in [6, 6.07) is 17.7.